The molecule has 1 atom stereocenters. The molecule has 0 bridgehead atoms. The van der Waals surface area contributed by atoms with Crippen molar-refractivity contribution in [2.24, 2.45) is 0 Å². The Morgan fingerprint density at radius 1 is 1.29 bits per heavy atom. The fraction of sp³-hybridized carbons (Fsp3) is 0.412. The summed E-state index contributed by atoms with van der Waals surface area (Å²) in [6, 6.07) is 11.6. The molecule has 21 heavy (non-hydrogen) atoms. The van der Waals surface area contributed by atoms with Gasteiger partial charge in [-0.3, -0.25) is 0 Å². The molecule has 1 aromatic carbocycles. The van der Waals surface area contributed by atoms with Crippen LogP contribution in [0, 0.1) is 0 Å². The largest absolute Gasteiger partial charge is 0.309 e. The summed E-state index contributed by atoms with van der Waals surface area (Å²) in [5.41, 5.74) is 2.97. The number of nitrogens with one attached hydrogen (secondary N) is 1. The topological polar surface area (TPSA) is 12.0 Å². The van der Waals surface area contributed by atoms with E-state index in [4.69, 9.17) is 0 Å². The second-order valence-electron chi connectivity index (χ2n) is 5.34. The summed E-state index contributed by atoms with van der Waals surface area (Å²) < 4.78 is 1.15. The van der Waals surface area contributed by atoms with Crippen molar-refractivity contribution in [1.29, 1.82) is 0 Å². The summed E-state index contributed by atoms with van der Waals surface area (Å²) in [6.07, 6.45) is 2.31. The summed E-state index contributed by atoms with van der Waals surface area (Å²) in [4.78, 5) is 3.12. The molecule has 0 saturated carbocycles. The monoisotopic (exact) mass is 381 g/mol. The van der Waals surface area contributed by atoms with Crippen LogP contribution in [0.3, 0.4) is 0 Å². The van der Waals surface area contributed by atoms with Crippen LogP contribution in [0.4, 0.5) is 0 Å². The number of halogens is 1. The first-order chi connectivity index (χ1) is 10.3. The highest BCUT2D eigenvalue weighted by atomic mass is 79.9. The molecule has 0 amide bonds. The van der Waals surface area contributed by atoms with Crippen molar-refractivity contribution in [3.8, 4) is 0 Å². The standard InChI is InChI=1S/C17H20BrNS2/c1-2-19-15(9-12-3-5-14(18)6-4-12)17-10-13-11-20-8-7-16(13)21-17/h3-6,10,15,19H,2,7-9,11H2,1H3. The average Bonchev–Trinajstić information content (AvgIpc) is 2.93. The van der Waals surface area contributed by atoms with Gasteiger partial charge in [0.25, 0.3) is 0 Å². The Kier molecular flexibility index (Phi) is 5.43. The maximum Gasteiger partial charge on any atom is 0.0455 e. The van der Waals surface area contributed by atoms with Gasteiger partial charge in [-0.2, -0.15) is 11.8 Å². The maximum absolute atomic E-state index is 3.66. The predicted octanol–water partition coefficient (Wildman–Crippen LogP) is 5.19. The predicted molar refractivity (Wildman–Crippen MR) is 98.4 cm³/mol. The maximum atomic E-state index is 3.66. The number of benzene rings is 1. The zero-order valence-corrected chi connectivity index (χ0v) is 15.4. The molecule has 1 aromatic heterocycles. The zero-order chi connectivity index (χ0) is 14.7. The summed E-state index contributed by atoms with van der Waals surface area (Å²) in [7, 11) is 0. The number of thioether (sulfide) groups is 1. The normalized spacial score (nSPS) is 15.7. The fourth-order valence-electron chi connectivity index (χ4n) is 2.72. The van der Waals surface area contributed by atoms with Gasteiger partial charge in [0.05, 0.1) is 0 Å². The van der Waals surface area contributed by atoms with Crippen molar-refractivity contribution in [2.75, 3.05) is 12.3 Å². The van der Waals surface area contributed by atoms with Crippen LogP contribution in [0.15, 0.2) is 34.8 Å². The van der Waals surface area contributed by atoms with E-state index in [9.17, 15) is 0 Å². The minimum atomic E-state index is 0.441. The molecular formula is C17H20BrNS2. The van der Waals surface area contributed by atoms with Crippen LogP contribution < -0.4 is 5.32 Å². The van der Waals surface area contributed by atoms with Crippen LogP contribution in [-0.4, -0.2) is 12.3 Å². The van der Waals surface area contributed by atoms with E-state index in [2.05, 4.69) is 70.3 Å². The van der Waals surface area contributed by atoms with Gasteiger partial charge in [0, 0.05) is 26.0 Å². The minimum absolute atomic E-state index is 0.441. The number of rotatable bonds is 5. The highest BCUT2D eigenvalue weighted by Crippen LogP contribution is 2.35. The Hall–Kier alpha value is -0.290. The molecule has 0 aliphatic carbocycles. The number of fused-ring (bicyclic) bond motifs is 1. The van der Waals surface area contributed by atoms with Gasteiger partial charge in [0.15, 0.2) is 0 Å². The third-order valence-corrected chi connectivity index (χ3v) is 6.68. The second-order valence-corrected chi connectivity index (χ2v) is 8.53. The van der Waals surface area contributed by atoms with E-state index in [1.807, 2.05) is 11.3 Å². The van der Waals surface area contributed by atoms with Gasteiger partial charge in [-0.1, -0.05) is 35.0 Å². The molecule has 0 fully saturated rings. The van der Waals surface area contributed by atoms with Crippen molar-refractivity contribution >= 4 is 39.0 Å². The van der Waals surface area contributed by atoms with Gasteiger partial charge in [-0.05, 0) is 54.5 Å². The Morgan fingerprint density at radius 3 is 2.81 bits per heavy atom. The average molecular weight is 382 g/mol. The van der Waals surface area contributed by atoms with Crippen molar-refractivity contribution < 1.29 is 0 Å². The Morgan fingerprint density at radius 2 is 2.10 bits per heavy atom. The fourth-order valence-corrected chi connectivity index (χ4v) is 5.43. The van der Waals surface area contributed by atoms with E-state index in [1.54, 1.807) is 10.4 Å². The Balaban J connectivity index is 1.80. The molecule has 1 N–H and O–H groups in total. The molecule has 1 aliphatic rings. The quantitative estimate of drug-likeness (QED) is 0.764. The molecular weight excluding hydrogens is 362 g/mol. The van der Waals surface area contributed by atoms with Crippen LogP contribution >= 0.6 is 39.0 Å². The molecule has 0 saturated heterocycles. The first-order valence-electron chi connectivity index (χ1n) is 7.43. The van der Waals surface area contributed by atoms with Crippen molar-refractivity contribution in [1.82, 2.24) is 5.32 Å². The molecule has 3 rings (SSSR count). The van der Waals surface area contributed by atoms with E-state index in [1.165, 1.54) is 28.4 Å². The van der Waals surface area contributed by atoms with E-state index in [-0.39, 0.29) is 0 Å². The lowest BCUT2D eigenvalue weighted by molar-refractivity contribution is 0.558. The van der Waals surface area contributed by atoms with Crippen molar-refractivity contribution in [3.63, 3.8) is 0 Å². The van der Waals surface area contributed by atoms with E-state index < -0.39 is 0 Å². The van der Waals surface area contributed by atoms with Crippen LogP contribution in [0.25, 0.3) is 0 Å². The Bertz CT molecular complexity index is 568. The SMILES string of the molecule is CCNC(Cc1ccc(Br)cc1)c1cc2c(s1)CCSC2. The summed E-state index contributed by atoms with van der Waals surface area (Å²) in [5.74, 6) is 2.48. The number of thiophene rings is 1. The molecule has 4 heteroatoms. The zero-order valence-electron chi connectivity index (χ0n) is 12.2. The summed E-state index contributed by atoms with van der Waals surface area (Å²) in [5, 5.41) is 3.66. The second kappa shape index (κ2) is 7.32. The highest BCUT2D eigenvalue weighted by Gasteiger charge is 2.19. The minimum Gasteiger partial charge on any atom is -0.309 e. The number of likely N-dealkylation sites (N-methyl/N-ethyl adjacent to an activating group) is 1. The van der Waals surface area contributed by atoms with Crippen LogP contribution in [0.5, 0.6) is 0 Å². The number of hydrogen-bond donors (Lipinski definition) is 1. The lowest BCUT2D eigenvalue weighted by atomic mass is 10.0. The van der Waals surface area contributed by atoms with Crippen molar-refractivity contribution in [2.45, 2.75) is 31.6 Å². The van der Waals surface area contributed by atoms with E-state index >= 15 is 0 Å². The molecule has 2 aromatic rings. The van der Waals surface area contributed by atoms with Gasteiger partial charge in [0.1, 0.15) is 0 Å². The number of hydrogen-bond acceptors (Lipinski definition) is 3. The molecule has 1 aliphatic heterocycles. The molecule has 112 valence electrons. The van der Waals surface area contributed by atoms with Gasteiger partial charge in [0.2, 0.25) is 0 Å². The third kappa shape index (κ3) is 3.92. The molecule has 0 radical (unpaired) electrons. The van der Waals surface area contributed by atoms with Gasteiger partial charge >= 0.3 is 0 Å². The smallest absolute Gasteiger partial charge is 0.0455 e. The van der Waals surface area contributed by atoms with Crippen molar-refractivity contribution in [3.05, 3.63) is 55.7 Å². The number of aryl methyl sites for hydroxylation is 1. The van der Waals surface area contributed by atoms with Gasteiger partial charge in [-0.25, -0.2) is 0 Å². The van der Waals surface area contributed by atoms with E-state index in [0.29, 0.717) is 6.04 Å². The van der Waals surface area contributed by atoms with Crippen LogP contribution in [-0.2, 0) is 18.6 Å². The lowest BCUT2D eigenvalue weighted by Crippen LogP contribution is -2.22. The van der Waals surface area contributed by atoms with Gasteiger partial charge < -0.3 is 5.32 Å². The molecule has 0 spiro atoms. The van der Waals surface area contributed by atoms with Crippen LogP contribution in [0.1, 0.15) is 33.8 Å². The van der Waals surface area contributed by atoms with Crippen LogP contribution in [0.2, 0.25) is 0 Å². The van der Waals surface area contributed by atoms with E-state index in [0.717, 1.165) is 17.4 Å². The lowest BCUT2D eigenvalue weighted by Gasteiger charge is -2.16. The third-order valence-electron chi connectivity index (χ3n) is 3.79. The summed E-state index contributed by atoms with van der Waals surface area (Å²) in [6.45, 7) is 3.20. The molecule has 2 heterocycles. The van der Waals surface area contributed by atoms with Gasteiger partial charge in [-0.15, -0.1) is 11.3 Å². The summed E-state index contributed by atoms with van der Waals surface area (Å²) >= 11 is 7.59. The highest BCUT2D eigenvalue weighted by molar-refractivity contribution is 9.10. The molecule has 1 nitrogen and oxygen atoms in total. The Labute approximate surface area is 143 Å². The molecule has 1 unspecified atom stereocenters. The first kappa shape index (κ1) is 15.6. The first-order valence-corrected chi connectivity index (χ1v) is 10.2.